The highest BCUT2D eigenvalue weighted by Crippen LogP contribution is 2.40. The first-order chi connectivity index (χ1) is 10.2. The Bertz CT molecular complexity index is 537. The topological polar surface area (TPSA) is 74.6 Å². The van der Waals surface area contributed by atoms with Crippen LogP contribution in [-0.4, -0.2) is 28.1 Å². The Hall–Kier alpha value is -1.68. The molecule has 2 unspecified atom stereocenters. The van der Waals surface area contributed by atoms with Gasteiger partial charge in [-0.15, -0.1) is 0 Å². The Morgan fingerprint density at radius 1 is 1.45 bits per heavy atom. The highest BCUT2D eigenvalue weighted by molar-refractivity contribution is 6.00. The van der Waals surface area contributed by atoms with Crippen LogP contribution >= 0.6 is 0 Å². The second-order valence-corrected chi connectivity index (χ2v) is 6.31. The van der Waals surface area contributed by atoms with Gasteiger partial charge in [0.1, 0.15) is 0 Å². The van der Waals surface area contributed by atoms with Gasteiger partial charge in [-0.3, -0.25) is 9.59 Å². The fourth-order valence-corrected chi connectivity index (χ4v) is 2.62. The lowest BCUT2D eigenvalue weighted by molar-refractivity contribution is -0.146. The first-order valence-electron chi connectivity index (χ1n) is 7.69. The van der Waals surface area contributed by atoms with Gasteiger partial charge in [0.2, 0.25) is 0 Å². The van der Waals surface area contributed by atoms with Crippen LogP contribution in [0.5, 0.6) is 0 Å². The molecule has 0 saturated carbocycles. The highest BCUT2D eigenvalue weighted by Gasteiger charge is 2.41. The van der Waals surface area contributed by atoms with Gasteiger partial charge in [0.15, 0.2) is 5.78 Å². The van der Waals surface area contributed by atoms with E-state index in [-0.39, 0.29) is 18.3 Å². The minimum Gasteiger partial charge on any atom is -0.481 e. The Kier molecular flexibility index (Phi) is 6.30. The van der Waals surface area contributed by atoms with Crippen LogP contribution in [0.4, 0.5) is 0 Å². The molecule has 4 heteroatoms. The summed E-state index contributed by atoms with van der Waals surface area (Å²) in [5.74, 6) is -0.871. The van der Waals surface area contributed by atoms with Gasteiger partial charge in [0.05, 0.1) is 11.5 Å². The van der Waals surface area contributed by atoms with E-state index in [0.717, 1.165) is 12.0 Å². The summed E-state index contributed by atoms with van der Waals surface area (Å²) < 4.78 is 0. The number of aliphatic hydroxyl groups excluding tert-OH is 1. The molecule has 22 heavy (non-hydrogen) atoms. The van der Waals surface area contributed by atoms with Gasteiger partial charge in [-0.05, 0) is 58.1 Å². The first kappa shape index (κ1) is 18.4. The average molecular weight is 306 g/mol. The van der Waals surface area contributed by atoms with Gasteiger partial charge in [-0.2, -0.15) is 0 Å². The van der Waals surface area contributed by atoms with Gasteiger partial charge in [0, 0.05) is 6.42 Å². The molecule has 0 heterocycles. The number of hydrogen-bond acceptors (Lipinski definition) is 3. The maximum atomic E-state index is 11.9. The second kappa shape index (κ2) is 7.54. The van der Waals surface area contributed by atoms with Crippen LogP contribution in [-0.2, 0) is 9.59 Å². The van der Waals surface area contributed by atoms with E-state index < -0.39 is 11.4 Å². The zero-order valence-corrected chi connectivity index (χ0v) is 13.8. The molecular formula is C18H26O4. The third-order valence-corrected chi connectivity index (χ3v) is 4.30. The Morgan fingerprint density at radius 2 is 2.09 bits per heavy atom. The number of carbonyl (C=O) groups excluding carboxylic acids is 1. The van der Waals surface area contributed by atoms with Gasteiger partial charge in [-0.25, -0.2) is 0 Å². The molecule has 0 fully saturated rings. The van der Waals surface area contributed by atoms with Crippen molar-refractivity contribution in [2.45, 2.75) is 59.5 Å². The predicted octanol–water partition coefficient (Wildman–Crippen LogP) is 3.42. The van der Waals surface area contributed by atoms with E-state index in [1.807, 2.05) is 19.1 Å². The summed E-state index contributed by atoms with van der Waals surface area (Å²) in [7, 11) is 0. The molecule has 0 spiro atoms. The number of carboxylic acids is 1. The molecule has 122 valence electrons. The number of allylic oxidation sites excluding steroid dienone is 5. The largest absolute Gasteiger partial charge is 0.481 e. The summed E-state index contributed by atoms with van der Waals surface area (Å²) in [4.78, 5) is 23.5. The summed E-state index contributed by atoms with van der Waals surface area (Å²) >= 11 is 0. The summed E-state index contributed by atoms with van der Waals surface area (Å²) in [6.07, 6.45) is 7.36. The minimum absolute atomic E-state index is 0.0223. The summed E-state index contributed by atoms with van der Waals surface area (Å²) in [6.45, 7) is 7.06. The van der Waals surface area contributed by atoms with E-state index >= 15 is 0 Å². The number of ketones is 1. The lowest BCUT2D eigenvalue weighted by Gasteiger charge is -2.31. The molecule has 2 N–H and O–H groups in total. The number of aliphatic carboxylic acids is 1. The van der Waals surface area contributed by atoms with E-state index in [9.17, 15) is 19.8 Å². The molecule has 0 amide bonds. The fraction of sp³-hybridized carbons (Fsp3) is 0.556. The van der Waals surface area contributed by atoms with Crippen LogP contribution < -0.4 is 0 Å². The molecule has 1 rings (SSSR count). The standard InChI is InChI=1S/C18H26O4/c1-12(6-5-7-13(2)19)8-9-15-14(3)16(20)10-11-18(15,4)17(21)22/h6,8-9,13,19H,5,7,10-11H2,1-4H3,(H,21,22). The van der Waals surface area contributed by atoms with Crippen molar-refractivity contribution in [1.82, 2.24) is 0 Å². The number of hydrogen-bond donors (Lipinski definition) is 2. The van der Waals surface area contributed by atoms with Crippen LogP contribution in [0.2, 0.25) is 0 Å². The summed E-state index contributed by atoms with van der Waals surface area (Å²) in [6, 6.07) is 0. The highest BCUT2D eigenvalue weighted by atomic mass is 16.4. The third kappa shape index (κ3) is 4.41. The molecule has 1 aliphatic carbocycles. The molecular weight excluding hydrogens is 280 g/mol. The molecule has 0 aromatic heterocycles. The van der Waals surface area contributed by atoms with E-state index in [1.165, 1.54) is 0 Å². The summed E-state index contributed by atoms with van der Waals surface area (Å²) in [5.41, 5.74) is 1.13. The van der Waals surface area contributed by atoms with Crippen molar-refractivity contribution < 1.29 is 19.8 Å². The second-order valence-electron chi connectivity index (χ2n) is 6.31. The smallest absolute Gasteiger partial charge is 0.313 e. The summed E-state index contributed by atoms with van der Waals surface area (Å²) in [5, 5.41) is 18.8. The lowest BCUT2D eigenvalue weighted by Crippen LogP contribution is -2.34. The molecule has 2 atom stereocenters. The maximum absolute atomic E-state index is 11.9. The van der Waals surface area contributed by atoms with E-state index in [2.05, 4.69) is 0 Å². The number of carboxylic acid groups (broad SMARTS) is 1. The maximum Gasteiger partial charge on any atom is 0.313 e. The SMILES string of the molecule is CC(C=CC1=C(C)C(=O)CCC1(C)C(=O)O)=CCCC(C)O. The Balaban J connectivity index is 3.00. The van der Waals surface area contributed by atoms with Gasteiger partial charge in [0.25, 0.3) is 0 Å². The Morgan fingerprint density at radius 3 is 2.64 bits per heavy atom. The van der Waals surface area contributed by atoms with Crippen molar-refractivity contribution >= 4 is 11.8 Å². The van der Waals surface area contributed by atoms with Gasteiger partial charge >= 0.3 is 5.97 Å². The van der Waals surface area contributed by atoms with Crippen LogP contribution in [0.25, 0.3) is 0 Å². The Labute approximate surface area is 132 Å². The average Bonchev–Trinajstić information content (AvgIpc) is 2.42. The quantitative estimate of drug-likeness (QED) is 0.737. The number of carbonyl (C=O) groups is 2. The lowest BCUT2D eigenvalue weighted by atomic mass is 9.70. The zero-order valence-electron chi connectivity index (χ0n) is 13.8. The van der Waals surface area contributed by atoms with E-state index in [0.29, 0.717) is 24.0 Å². The number of aliphatic hydroxyl groups is 1. The van der Waals surface area contributed by atoms with Gasteiger partial charge in [-0.1, -0.05) is 23.8 Å². The first-order valence-corrected chi connectivity index (χ1v) is 7.69. The molecule has 0 bridgehead atoms. The van der Waals surface area contributed by atoms with Crippen molar-refractivity contribution in [2.24, 2.45) is 5.41 Å². The van der Waals surface area contributed by atoms with Crippen LogP contribution in [0.3, 0.4) is 0 Å². The fourth-order valence-electron chi connectivity index (χ4n) is 2.62. The molecule has 1 aliphatic rings. The molecule has 0 aromatic rings. The molecule has 0 aromatic carbocycles. The number of Topliss-reactive ketones (excluding diaryl/α,β-unsaturated/α-hetero) is 1. The van der Waals surface area contributed by atoms with Crippen LogP contribution in [0.1, 0.15) is 53.4 Å². The number of rotatable bonds is 6. The van der Waals surface area contributed by atoms with Crippen LogP contribution in [0.15, 0.2) is 34.9 Å². The van der Waals surface area contributed by atoms with E-state index in [1.54, 1.807) is 26.8 Å². The predicted molar refractivity (Wildman–Crippen MR) is 86.5 cm³/mol. The molecule has 4 nitrogen and oxygen atoms in total. The molecule has 0 aliphatic heterocycles. The van der Waals surface area contributed by atoms with E-state index in [4.69, 9.17) is 0 Å². The van der Waals surface area contributed by atoms with Crippen molar-refractivity contribution in [3.8, 4) is 0 Å². The minimum atomic E-state index is -1.01. The van der Waals surface area contributed by atoms with Crippen molar-refractivity contribution in [3.05, 3.63) is 34.9 Å². The van der Waals surface area contributed by atoms with Gasteiger partial charge < -0.3 is 10.2 Å². The van der Waals surface area contributed by atoms with Crippen molar-refractivity contribution in [1.29, 1.82) is 0 Å². The monoisotopic (exact) mass is 306 g/mol. The molecule has 0 radical (unpaired) electrons. The molecule has 0 saturated heterocycles. The third-order valence-electron chi connectivity index (χ3n) is 4.30. The normalized spacial score (nSPS) is 25.0. The van der Waals surface area contributed by atoms with Crippen molar-refractivity contribution in [3.63, 3.8) is 0 Å². The van der Waals surface area contributed by atoms with Crippen LogP contribution in [0, 0.1) is 5.41 Å². The van der Waals surface area contributed by atoms with Crippen molar-refractivity contribution in [2.75, 3.05) is 0 Å². The zero-order chi connectivity index (χ0) is 16.9.